The van der Waals surface area contributed by atoms with E-state index in [4.69, 9.17) is 25.8 Å². The standard InChI is InChI=1S/C10H15N8O12P3/c11-8-6-9(14-2-13-8)18(3-15-6)10-5(16-17-12)7(19)4(28-10)1-27-32(23,24)30-33(25,26)29-31(20,21)22/h2-5,7,10,19H,1H2,(H,23,24)(H,25,26)(H2,11,13,14)(H2,20,21,22)/t4-,5-,7-,10-/m1/s1. The Morgan fingerprint density at radius 2 is 1.88 bits per heavy atom. The van der Waals surface area contributed by atoms with Crippen LogP contribution in [0.2, 0.25) is 0 Å². The van der Waals surface area contributed by atoms with Gasteiger partial charge in [0.15, 0.2) is 11.5 Å². The van der Waals surface area contributed by atoms with Gasteiger partial charge in [0, 0.05) is 4.91 Å². The molecule has 3 rings (SSSR count). The Labute approximate surface area is 182 Å². The molecule has 0 aliphatic carbocycles. The molecule has 1 saturated heterocycles. The van der Waals surface area contributed by atoms with E-state index in [1.54, 1.807) is 0 Å². The molecule has 0 bridgehead atoms. The quantitative estimate of drug-likeness (QED) is 0.104. The maximum Gasteiger partial charge on any atom is 0.490 e. The number of imidazole rings is 1. The topological polar surface area (TPSA) is 308 Å². The molecule has 1 aliphatic heterocycles. The summed E-state index contributed by atoms with van der Waals surface area (Å²) in [5, 5.41) is 13.9. The molecule has 0 radical (unpaired) electrons. The van der Waals surface area contributed by atoms with Crippen LogP contribution in [0.1, 0.15) is 6.23 Å². The van der Waals surface area contributed by atoms with Crippen molar-refractivity contribution in [1.29, 1.82) is 0 Å². The Bertz CT molecular complexity index is 1230. The lowest BCUT2D eigenvalue weighted by atomic mass is 10.1. The van der Waals surface area contributed by atoms with E-state index in [1.807, 2.05) is 0 Å². The summed E-state index contributed by atoms with van der Waals surface area (Å²) in [6, 6.07) is -1.32. The normalized spacial score (nSPS) is 27.1. The molecule has 2 aromatic heterocycles. The second kappa shape index (κ2) is 9.32. The summed E-state index contributed by atoms with van der Waals surface area (Å²) in [5.41, 5.74) is 14.9. The Kier molecular flexibility index (Phi) is 7.24. The van der Waals surface area contributed by atoms with Gasteiger partial charge in [0.05, 0.1) is 19.0 Å². The molecule has 0 saturated carbocycles. The first-order chi connectivity index (χ1) is 15.2. The minimum atomic E-state index is -5.73. The highest BCUT2D eigenvalue weighted by molar-refractivity contribution is 7.66. The third-order valence-electron chi connectivity index (χ3n) is 4.00. The number of azide groups is 1. The van der Waals surface area contributed by atoms with E-state index in [0.29, 0.717) is 0 Å². The van der Waals surface area contributed by atoms with Gasteiger partial charge in [-0.3, -0.25) is 9.09 Å². The van der Waals surface area contributed by atoms with Crippen LogP contribution in [0, 0.1) is 0 Å². The van der Waals surface area contributed by atoms with Gasteiger partial charge >= 0.3 is 23.5 Å². The van der Waals surface area contributed by atoms with Crippen molar-refractivity contribution >= 4 is 40.4 Å². The summed E-state index contributed by atoms with van der Waals surface area (Å²) in [5.74, 6) is 0.0295. The summed E-state index contributed by atoms with van der Waals surface area (Å²) < 4.78 is 52.4. The van der Waals surface area contributed by atoms with Crippen LogP contribution in [0.4, 0.5) is 5.82 Å². The first kappa shape index (κ1) is 25.6. The molecule has 182 valence electrons. The molecule has 20 nitrogen and oxygen atoms in total. The third-order valence-corrected chi connectivity index (χ3v) is 7.80. The van der Waals surface area contributed by atoms with Crippen LogP contribution in [0.15, 0.2) is 17.8 Å². The molecule has 7 N–H and O–H groups in total. The highest BCUT2D eigenvalue weighted by Crippen LogP contribution is 2.66. The second-order valence-electron chi connectivity index (χ2n) is 6.22. The molecule has 3 heterocycles. The fourth-order valence-electron chi connectivity index (χ4n) is 2.81. The summed E-state index contributed by atoms with van der Waals surface area (Å²) >= 11 is 0. The minimum Gasteiger partial charge on any atom is -0.390 e. The SMILES string of the molecule is [N-]=[N+]=N[C@@H]1[C@H](O)[C@@H](COP(=O)(O)OP(=O)(O)OP(=O)(O)O)O[C@H]1n1cnc2c(N)ncnc21. The van der Waals surface area contributed by atoms with E-state index in [-0.39, 0.29) is 17.0 Å². The van der Waals surface area contributed by atoms with E-state index in [1.165, 1.54) is 10.9 Å². The number of nitrogens with two attached hydrogens (primary N) is 1. The molecular weight excluding hydrogens is 517 g/mol. The van der Waals surface area contributed by atoms with Gasteiger partial charge in [-0.05, 0) is 5.53 Å². The van der Waals surface area contributed by atoms with Gasteiger partial charge in [0.25, 0.3) is 0 Å². The predicted octanol–water partition coefficient (Wildman–Crippen LogP) is -0.311. The number of hydrogen-bond acceptors (Lipinski definition) is 13. The number of hydrogen-bond donors (Lipinski definition) is 6. The van der Waals surface area contributed by atoms with Crippen LogP contribution in [-0.2, 0) is 31.6 Å². The predicted molar refractivity (Wildman–Crippen MR) is 102 cm³/mol. The van der Waals surface area contributed by atoms with E-state index in [0.717, 1.165) is 6.33 Å². The van der Waals surface area contributed by atoms with Crippen LogP contribution in [-0.4, -0.2) is 69.1 Å². The lowest BCUT2D eigenvalue weighted by Crippen LogP contribution is -2.32. The number of rotatable bonds is 9. The van der Waals surface area contributed by atoms with Gasteiger partial charge in [0.1, 0.15) is 30.2 Å². The number of nitrogens with zero attached hydrogens (tertiary/aromatic N) is 7. The third kappa shape index (κ3) is 6.11. The average molecular weight is 532 g/mol. The van der Waals surface area contributed by atoms with E-state index in [9.17, 15) is 28.6 Å². The zero-order valence-electron chi connectivity index (χ0n) is 15.8. The summed E-state index contributed by atoms with van der Waals surface area (Å²) in [7, 11) is -16.8. The number of fused-ring (bicyclic) bond motifs is 1. The summed E-state index contributed by atoms with van der Waals surface area (Å²) in [6.07, 6.45) is -2.01. The van der Waals surface area contributed by atoms with Crippen LogP contribution >= 0.6 is 23.5 Å². The van der Waals surface area contributed by atoms with Gasteiger partial charge < -0.3 is 35.2 Å². The molecule has 33 heavy (non-hydrogen) atoms. The number of ether oxygens (including phenoxy) is 1. The Morgan fingerprint density at radius 1 is 1.18 bits per heavy atom. The molecule has 1 fully saturated rings. The Balaban J connectivity index is 1.77. The zero-order chi connectivity index (χ0) is 24.6. The molecule has 2 aromatic rings. The van der Waals surface area contributed by atoms with Crippen molar-refractivity contribution in [2.75, 3.05) is 12.3 Å². The zero-order valence-corrected chi connectivity index (χ0v) is 18.5. The van der Waals surface area contributed by atoms with Gasteiger partial charge in [-0.1, -0.05) is 5.11 Å². The van der Waals surface area contributed by atoms with Gasteiger partial charge in [-0.15, -0.1) is 0 Å². The molecule has 6 atom stereocenters. The number of phosphoric acid groups is 3. The minimum absolute atomic E-state index is 0.0295. The molecule has 23 heteroatoms. The fraction of sp³-hybridized carbons (Fsp3) is 0.500. The lowest BCUT2D eigenvalue weighted by Gasteiger charge is -2.19. The van der Waals surface area contributed by atoms with E-state index < -0.39 is 54.6 Å². The average Bonchev–Trinajstić information content (AvgIpc) is 3.20. The van der Waals surface area contributed by atoms with Crippen molar-refractivity contribution in [3.8, 4) is 0 Å². The van der Waals surface area contributed by atoms with Crippen LogP contribution in [0.3, 0.4) is 0 Å². The van der Waals surface area contributed by atoms with E-state index >= 15 is 0 Å². The first-order valence-electron chi connectivity index (χ1n) is 8.32. The maximum absolute atomic E-state index is 11.9. The van der Waals surface area contributed by atoms with Gasteiger partial charge in [0.2, 0.25) is 0 Å². The van der Waals surface area contributed by atoms with Gasteiger partial charge in [-0.2, -0.15) is 8.62 Å². The molecule has 0 spiro atoms. The van der Waals surface area contributed by atoms with Crippen molar-refractivity contribution in [3.63, 3.8) is 0 Å². The largest absolute Gasteiger partial charge is 0.490 e. The van der Waals surface area contributed by atoms with Crippen molar-refractivity contribution in [3.05, 3.63) is 23.1 Å². The van der Waals surface area contributed by atoms with Crippen molar-refractivity contribution in [2.45, 2.75) is 24.5 Å². The van der Waals surface area contributed by atoms with E-state index in [2.05, 4.69) is 38.1 Å². The van der Waals surface area contributed by atoms with Crippen molar-refractivity contribution in [2.24, 2.45) is 5.11 Å². The monoisotopic (exact) mass is 532 g/mol. The van der Waals surface area contributed by atoms with Crippen LogP contribution in [0.5, 0.6) is 0 Å². The first-order valence-corrected chi connectivity index (χ1v) is 12.8. The molecule has 2 unspecified atom stereocenters. The number of aliphatic hydroxyl groups is 1. The number of nitrogen functional groups attached to an aromatic ring is 1. The highest BCUT2D eigenvalue weighted by Gasteiger charge is 2.47. The fourth-order valence-corrected chi connectivity index (χ4v) is 5.84. The smallest absolute Gasteiger partial charge is 0.390 e. The number of aromatic nitrogens is 4. The molecule has 1 aliphatic rings. The second-order valence-corrected chi connectivity index (χ2v) is 10.6. The number of phosphoric ester groups is 1. The lowest BCUT2D eigenvalue weighted by molar-refractivity contribution is -0.0428. The van der Waals surface area contributed by atoms with Crippen molar-refractivity contribution < 1.29 is 56.3 Å². The Morgan fingerprint density at radius 3 is 2.52 bits per heavy atom. The summed E-state index contributed by atoms with van der Waals surface area (Å²) in [4.78, 5) is 50.2. The van der Waals surface area contributed by atoms with Crippen molar-refractivity contribution in [1.82, 2.24) is 19.5 Å². The molecule has 0 aromatic carbocycles. The molecular formula is C10H15N8O12P3. The summed E-state index contributed by atoms with van der Waals surface area (Å²) in [6.45, 7) is -0.970. The van der Waals surface area contributed by atoms with Crippen LogP contribution < -0.4 is 5.73 Å². The Hall–Kier alpha value is -2.01. The van der Waals surface area contributed by atoms with Gasteiger partial charge in [-0.25, -0.2) is 28.6 Å². The number of aliphatic hydroxyl groups excluding tert-OH is 1. The number of anilines is 1. The molecule has 0 amide bonds. The maximum atomic E-state index is 11.9. The highest BCUT2D eigenvalue weighted by atomic mass is 31.3. The van der Waals surface area contributed by atoms with Crippen LogP contribution in [0.25, 0.3) is 21.6 Å².